The summed E-state index contributed by atoms with van der Waals surface area (Å²) in [6, 6.07) is 16.8. The number of amides is 1. The summed E-state index contributed by atoms with van der Waals surface area (Å²) in [5.41, 5.74) is 8.41. The molecule has 128 valence electrons. The summed E-state index contributed by atoms with van der Waals surface area (Å²) in [5, 5.41) is 14.9. The maximum absolute atomic E-state index is 11.5. The smallest absolute Gasteiger partial charge is 0.250 e. The first-order chi connectivity index (χ1) is 12.6. The summed E-state index contributed by atoms with van der Waals surface area (Å²) >= 11 is 4.79. The Balaban J connectivity index is 1.86. The number of carbonyl (C=O) groups excluding carboxylic acids is 1. The van der Waals surface area contributed by atoms with Crippen LogP contribution in [0.2, 0.25) is 0 Å². The molecule has 0 aliphatic carbocycles. The molecule has 3 N–H and O–H groups in total. The minimum absolute atomic E-state index is 0.357. The fourth-order valence-electron chi connectivity index (χ4n) is 2.27. The van der Waals surface area contributed by atoms with Crippen LogP contribution in [0.15, 0.2) is 64.6 Å². The van der Waals surface area contributed by atoms with Gasteiger partial charge in [0.05, 0.1) is 16.9 Å². The Morgan fingerprint density at radius 3 is 2.65 bits per heavy atom. The van der Waals surface area contributed by atoms with Crippen LogP contribution in [0, 0.1) is 11.3 Å². The molecule has 1 aromatic heterocycles. The Morgan fingerprint density at radius 1 is 1.23 bits per heavy atom. The number of hydrogen-bond donors (Lipinski definition) is 2. The van der Waals surface area contributed by atoms with Gasteiger partial charge in [-0.1, -0.05) is 40.2 Å². The number of benzene rings is 2. The number of hydrogen-bond acceptors (Lipinski definition) is 5. The number of anilines is 1. The molecule has 26 heavy (non-hydrogen) atoms. The van der Waals surface area contributed by atoms with E-state index >= 15 is 0 Å². The number of carbonyl (C=O) groups is 1. The Kier molecular flexibility index (Phi) is 5.46. The third-order valence-corrected chi connectivity index (χ3v) is 4.96. The summed E-state index contributed by atoms with van der Waals surface area (Å²) in [7, 11) is 0. The van der Waals surface area contributed by atoms with E-state index in [1.165, 1.54) is 17.5 Å². The Labute approximate surface area is 162 Å². The molecule has 0 unspecified atom stereocenters. The fraction of sp³-hybridized carbons (Fsp3) is 0. The molecule has 0 saturated heterocycles. The molecule has 0 aliphatic heterocycles. The lowest BCUT2D eigenvalue weighted by Gasteiger charge is -2.06. The van der Waals surface area contributed by atoms with E-state index in [1.807, 2.05) is 29.6 Å². The molecule has 0 atom stereocenters. The lowest BCUT2D eigenvalue weighted by atomic mass is 10.1. The van der Waals surface area contributed by atoms with Crippen LogP contribution in [0.1, 0.15) is 15.4 Å². The molecule has 7 heteroatoms. The average molecular weight is 425 g/mol. The predicted octanol–water partition coefficient (Wildman–Crippen LogP) is 4.65. The molecule has 0 aliphatic rings. The summed E-state index contributed by atoms with van der Waals surface area (Å²) in [6.07, 6.45) is 1.53. The second-order valence-corrected chi connectivity index (χ2v) is 7.04. The topological polar surface area (TPSA) is 91.8 Å². The van der Waals surface area contributed by atoms with Crippen molar-refractivity contribution in [2.75, 3.05) is 5.32 Å². The number of halogens is 1. The van der Waals surface area contributed by atoms with Crippen LogP contribution in [0.3, 0.4) is 0 Å². The van der Waals surface area contributed by atoms with Gasteiger partial charge in [-0.3, -0.25) is 4.79 Å². The van der Waals surface area contributed by atoms with Crippen LogP contribution in [0.25, 0.3) is 16.8 Å². The number of nitriles is 1. The number of thiazole rings is 1. The molecule has 0 fully saturated rings. The monoisotopic (exact) mass is 424 g/mol. The predicted molar refractivity (Wildman–Crippen MR) is 107 cm³/mol. The van der Waals surface area contributed by atoms with Crippen molar-refractivity contribution in [3.8, 4) is 17.3 Å². The molecule has 0 bridgehead atoms. The third kappa shape index (κ3) is 3.99. The number of primary amides is 1. The van der Waals surface area contributed by atoms with Crippen molar-refractivity contribution in [3.05, 3.63) is 75.2 Å². The number of nitrogens with zero attached hydrogens (tertiary/aromatic N) is 2. The maximum Gasteiger partial charge on any atom is 0.250 e. The molecule has 0 saturated carbocycles. The van der Waals surface area contributed by atoms with Gasteiger partial charge in [-0.05, 0) is 24.3 Å². The number of nitrogens with two attached hydrogens (primary N) is 1. The van der Waals surface area contributed by atoms with E-state index < -0.39 is 5.91 Å². The SMILES string of the molecule is N#CC(=CNc1ccccc1C(N)=O)c1nc(-c2ccc(Br)cc2)cs1. The standard InChI is InChI=1S/C19H13BrN4OS/c20-14-7-5-12(6-8-14)17-11-26-19(24-17)13(9-21)10-23-16-4-2-1-3-15(16)18(22)25/h1-8,10-11,23H,(H2,22,25). The van der Waals surface area contributed by atoms with Crippen molar-refractivity contribution in [1.82, 2.24) is 4.98 Å². The molecular weight excluding hydrogens is 412 g/mol. The van der Waals surface area contributed by atoms with Gasteiger partial charge in [0.25, 0.3) is 5.91 Å². The highest BCUT2D eigenvalue weighted by molar-refractivity contribution is 9.10. The second kappa shape index (κ2) is 7.95. The summed E-state index contributed by atoms with van der Waals surface area (Å²) in [4.78, 5) is 16.0. The van der Waals surface area contributed by atoms with E-state index in [-0.39, 0.29) is 0 Å². The lowest BCUT2D eigenvalue weighted by molar-refractivity contribution is 0.100. The van der Waals surface area contributed by atoms with Crippen LogP contribution in [0.5, 0.6) is 0 Å². The third-order valence-electron chi connectivity index (χ3n) is 3.56. The number of rotatable bonds is 5. The normalized spacial score (nSPS) is 11.0. The number of aromatic nitrogens is 1. The molecule has 5 nitrogen and oxygen atoms in total. The van der Waals surface area contributed by atoms with Gasteiger partial charge in [0.2, 0.25) is 0 Å². The van der Waals surface area contributed by atoms with E-state index in [0.717, 1.165) is 15.7 Å². The molecule has 0 radical (unpaired) electrons. The first-order valence-corrected chi connectivity index (χ1v) is 9.23. The van der Waals surface area contributed by atoms with E-state index in [9.17, 15) is 10.1 Å². The van der Waals surface area contributed by atoms with E-state index in [0.29, 0.717) is 21.8 Å². The van der Waals surface area contributed by atoms with E-state index in [4.69, 9.17) is 5.73 Å². The van der Waals surface area contributed by atoms with Crippen molar-refractivity contribution in [1.29, 1.82) is 5.26 Å². The van der Waals surface area contributed by atoms with Crippen LogP contribution in [-0.4, -0.2) is 10.9 Å². The zero-order chi connectivity index (χ0) is 18.5. The van der Waals surface area contributed by atoms with Crippen molar-refractivity contribution in [2.45, 2.75) is 0 Å². The molecule has 3 aromatic rings. The van der Waals surface area contributed by atoms with Gasteiger partial charge in [0, 0.05) is 21.6 Å². The van der Waals surface area contributed by atoms with Gasteiger partial charge in [0.1, 0.15) is 16.6 Å². The highest BCUT2D eigenvalue weighted by Gasteiger charge is 2.10. The molecule has 0 spiro atoms. The van der Waals surface area contributed by atoms with Gasteiger partial charge in [-0.15, -0.1) is 11.3 Å². The minimum atomic E-state index is -0.535. The highest BCUT2D eigenvalue weighted by Crippen LogP contribution is 2.27. The Hall–Kier alpha value is -2.95. The molecule has 1 amide bonds. The second-order valence-electron chi connectivity index (χ2n) is 5.27. The van der Waals surface area contributed by atoms with E-state index in [1.54, 1.807) is 24.3 Å². The zero-order valence-electron chi connectivity index (χ0n) is 13.4. The minimum Gasteiger partial charge on any atom is -0.366 e. The maximum atomic E-state index is 11.5. The largest absolute Gasteiger partial charge is 0.366 e. The van der Waals surface area contributed by atoms with Gasteiger partial charge in [0.15, 0.2) is 0 Å². The van der Waals surface area contributed by atoms with Gasteiger partial charge < -0.3 is 11.1 Å². The molecule has 3 rings (SSSR count). The van der Waals surface area contributed by atoms with Crippen LogP contribution in [0.4, 0.5) is 5.69 Å². The number of nitrogens with one attached hydrogen (secondary N) is 1. The van der Waals surface area contributed by atoms with Gasteiger partial charge >= 0.3 is 0 Å². The summed E-state index contributed by atoms with van der Waals surface area (Å²) < 4.78 is 0.992. The summed E-state index contributed by atoms with van der Waals surface area (Å²) in [6.45, 7) is 0. The fourth-order valence-corrected chi connectivity index (χ4v) is 3.33. The lowest BCUT2D eigenvalue weighted by Crippen LogP contribution is -2.13. The van der Waals surface area contributed by atoms with Crippen LogP contribution in [-0.2, 0) is 0 Å². The van der Waals surface area contributed by atoms with Gasteiger partial charge in [-0.25, -0.2) is 4.98 Å². The van der Waals surface area contributed by atoms with Gasteiger partial charge in [-0.2, -0.15) is 5.26 Å². The first kappa shape index (κ1) is 17.9. The van der Waals surface area contributed by atoms with Crippen LogP contribution < -0.4 is 11.1 Å². The van der Waals surface area contributed by atoms with Crippen molar-refractivity contribution >= 4 is 44.4 Å². The Morgan fingerprint density at radius 2 is 1.96 bits per heavy atom. The van der Waals surface area contributed by atoms with Crippen molar-refractivity contribution < 1.29 is 4.79 Å². The number of allylic oxidation sites excluding steroid dienone is 1. The molecular formula is C19H13BrN4OS. The zero-order valence-corrected chi connectivity index (χ0v) is 15.8. The highest BCUT2D eigenvalue weighted by atomic mass is 79.9. The first-order valence-electron chi connectivity index (χ1n) is 7.56. The average Bonchev–Trinajstić information content (AvgIpc) is 3.13. The Bertz CT molecular complexity index is 1020. The molecule has 1 heterocycles. The van der Waals surface area contributed by atoms with Crippen LogP contribution >= 0.6 is 27.3 Å². The van der Waals surface area contributed by atoms with E-state index in [2.05, 4.69) is 32.3 Å². The quantitative estimate of drug-likeness (QED) is 0.583. The number of para-hydroxylation sites is 1. The van der Waals surface area contributed by atoms with Crippen molar-refractivity contribution in [3.63, 3.8) is 0 Å². The summed E-state index contributed by atoms with van der Waals surface area (Å²) in [5.74, 6) is -0.535. The van der Waals surface area contributed by atoms with Crippen molar-refractivity contribution in [2.24, 2.45) is 5.73 Å². The molecule has 2 aromatic carbocycles.